The number of hydrogen-bond acceptors (Lipinski definition) is 7. The molecular formula is C7H14O7. The zero-order chi connectivity index (χ0) is 11.1. The fraction of sp³-hybridized carbons (Fsp3) is 1.00. The summed E-state index contributed by atoms with van der Waals surface area (Å²) in [5, 5.41) is 64.2. The van der Waals surface area contributed by atoms with Gasteiger partial charge in [-0.2, -0.15) is 0 Å². The van der Waals surface area contributed by atoms with Crippen LogP contribution in [0.2, 0.25) is 0 Å². The Kier molecular flexibility index (Phi) is 3.12. The first-order valence-electron chi connectivity index (χ1n) is 4.10. The zero-order valence-electron chi connectivity index (χ0n) is 7.22. The normalized spacial score (nSPS) is 54.6. The van der Waals surface area contributed by atoms with Gasteiger partial charge in [0.2, 0.25) is 0 Å². The molecule has 7 N–H and O–H groups in total. The van der Waals surface area contributed by atoms with E-state index >= 15 is 0 Å². The largest absolute Gasteiger partial charge is 0.393 e. The third-order valence-corrected chi connectivity index (χ3v) is 2.62. The summed E-state index contributed by atoms with van der Waals surface area (Å²) in [7, 11) is 0. The highest BCUT2D eigenvalue weighted by molar-refractivity contribution is 5.08. The van der Waals surface area contributed by atoms with Crippen LogP contribution in [0.1, 0.15) is 0 Å². The summed E-state index contributed by atoms with van der Waals surface area (Å²) in [5.74, 6) is 0. The van der Waals surface area contributed by atoms with Gasteiger partial charge in [0.15, 0.2) is 0 Å². The van der Waals surface area contributed by atoms with Gasteiger partial charge in [0.05, 0.1) is 6.61 Å². The molecule has 2 unspecified atom stereocenters. The number of hydrogen-bond donors (Lipinski definition) is 7. The van der Waals surface area contributed by atoms with E-state index in [0.717, 1.165) is 0 Å². The monoisotopic (exact) mass is 210 g/mol. The topological polar surface area (TPSA) is 142 Å². The Balaban J connectivity index is 2.98. The Morgan fingerprint density at radius 1 is 0.786 bits per heavy atom. The molecule has 0 aromatic carbocycles. The third kappa shape index (κ3) is 1.43. The summed E-state index contributed by atoms with van der Waals surface area (Å²) in [6, 6.07) is 0. The Morgan fingerprint density at radius 3 is 1.43 bits per heavy atom. The second kappa shape index (κ2) is 3.70. The molecule has 0 amide bonds. The molecule has 1 aliphatic rings. The number of rotatable bonds is 1. The molecule has 84 valence electrons. The molecule has 14 heavy (non-hydrogen) atoms. The summed E-state index contributed by atoms with van der Waals surface area (Å²) in [6.45, 7) is -1.05. The fourth-order valence-electron chi connectivity index (χ4n) is 1.53. The van der Waals surface area contributed by atoms with Crippen LogP contribution in [0, 0.1) is 0 Å². The Bertz CT molecular complexity index is 192. The van der Waals surface area contributed by atoms with E-state index in [9.17, 15) is 15.3 Å². The van der Waals surface area contributed by atoms with Crippen LogP contribution in [-0.2, 0) is 0 Å². The highest BCUT2D eigenvalue weighted by Gasteiger charge is 2.57. The predicted octanol–water partition coefficient (Wildman–Crippen LogP) is -4.47. The first-order valence-corrected chi connectivity index (χ1v) is 4.10. The molecule has 0 radical (unpaired) electrons. The van der Waals surface area contributed by atoms with Crippen molar-refractivity contribution in [1.82, 2.24) is 0 Å². The van der Waals surface area contributed by atoms with Gasteiger partial charge in [-0.25, -0.2) is 0 Å². The number of aliphatic hydroxyl groups is 7. The minimum atomic E-state index is -2.43. The van der Waals surface area contributed by atoms with Crippen molar-refractivity contribution in [3.8, 4) is 0 Å². The van der Waals surface area contributed by atoms with Gasteiger partial charge in [0, 0.05) is 0 Å². The molecule has 7 nitrogen and oxygen atoms in total. The summed E-state index contributed by atoms with van der Waals surface area (Å²) < 4.78 is 0. The molecule has 0 saturated heterocycles. The van der Waals surface area contributed by atoms with E-state index in [-0.39, 0.29) is 0 Å². The zero-order valence-corrected chi connectivity index (χ0v) is 7.22. The van der Waals surface area contributed by atoms with E-state index in [1.54, 1.807) is 0 Å². The van der Waals surface area contributed by atoms with Crippen LogP contribution in [0.4, 0.5) is 0 Å². The lowest BCUT2D eigenvalue weighted by Gasteiger charge is -2.46. The summed E-state index contributed by atoms with van der Waals surface area (Å²) in [5.41, 5.74) is -2.43. The van der Waals surface area contributed by atoms with Crippen LogP contribution in [0.25, 0.3) is 0 Å². The van der Waals surface area contributed by atoms with Gasteiger partial charge in [-0.05, 0) is 0 Å². The average molecular weight is 210 g/mol. The molecule has 0 aromatic rings. The second-order valence-electron chi connectivity index (χ2n) is 3.51. The molecule has 0 aromatic heterocycles. The van der Waals surface area contributed by atoms with Gasteiger partial charge in [0.25, 0.3) is 0 Å². The smallest absolute Gasteiger partial charge is 0.144 e. The van der Waals surface area contributed by atoms with Crippen LogP contribution >= 0.6 is 0 Å². The van der Waals surface area contributed by atoms with E-state index in [1.807, 2.05) is 0 Å². The molecule has 1 aliphatic carbocycles. The van der Waals surface area contributed by atoms with Gasteiger partial charge >= 0.3 is 0 Å². The van der Waals surface area contributed by atoms with E-state index < -0.39 is 42.7 Å². The van der Waals surface area contributed by atoms with E-state index in [4.69, 9.17) is 20.4 Å². The molecule has 0 spiro atoms. The van der Waals surface area contributed by atoms with Crippen LogP contribution in [0.15, 0.2) is 0 Å². The van der Waals surface area contributed by atoms with Crippen molar-refractivity contribution in [3.05, 3.63) is 0 Å². The first-order chi connectivity index (χ1) is 6.36. The van der Waals surface area contributed by atoms with Crippen molar-refractivity contribution in [2.75, 3.05) is 6.61 Å². The van der Waals surface area contributed by atoms with Crippen molar-refractivity contribution in [1.29, 1.82) is 0 Å². The van der Waals surface area contributed by atoms with Crippen LogP contribution < -0.4 is 0 Å². The summed E-state index contributed by atoms with van der Waals surface area (Å²) in [4.78, 5) is 0. The maximum absolute atomic E-state index is 9.49. The first kappa shape index (κ1) is 11.8. The lowest BCUT2D eigenvalue weighted by atomic mass is 9.75. The minimum absolute atomic E-state index is 1.05. The average Bonchev–Trinajstić information content (AvgIpc) is 2.21. The highest BCUT2D eigenvalue weighted by Crippen LogP contribution is 2.29. The summed E-state index contributed by atoms with van der Waals surface area (Å²) >= 11 is 0. The molecule has 6 atom stereocenters. The minimum Gasteiger partial charge on any atom is -0.393 e. The quantitative estimate of drug-likeness (QED) is 0.231. The van der Waals surface area contributed by atoms with E-state index in [2.05, 4.69) is 0 Å². The van der Waals surface area contributed by atoms with Gasteiger partial charge in [0.1, 0.15) is 36.1 Å². The Hall–Kier alpha value is -0.280. The standard InChI is InChI=1S/C7H14O7/c8-1-7(14)5(12)3(10)2(9)4(11)6(7)13/h2-6,8-14H,1H2/t2?,3-,4-,5-,6+,7?/m0/s1. The van der Waals surface area contributed by atoms with Gasteiger partial charge in [-0.1, -0.05) is 0 Å². The van der Waals surface area contributed by atoms with E-state index in [1.165, 1.54) is 0 Å². The Morgan fingerprint density at radius 2 is 1.14 bits per heavy atom. The fourth-order valence-corrected chi connectivity index (χ4v) is 1.53. The predicted molar refractivity (Wildman–Crippen MR) is 42.1 cm³/mol. The molecular weight excluding hydrogens is 196 g/mol. The highest BCUT2D eigenvalue weighted by atomic mass is 16.4. The lowest BCUT2D eigenvalue weighted by Crippen LogP contribution is -2.72. The summed E-state index contributed by atoms with van der Waals surface area (Å²) in [6.07, 6.45) is -9.29. The third-order valence-electron chi connectivity index (χ3n) is 2.62. The molecule has 1 rings (SSSR count). The molecule has 0 bridgehead atoms. The van der Waals surface area contributed by atoms with Gasteiger partial charge in [-0.3, -0.25) is 0 Å². The van der Waals surface area contributed by atoms with Crippen molar-refractivity contribution >= 4 is 0 Å². The van der Waals surface area contributed by atoms with Crippen molar-refractivity contribution in [2.24, 2.45) is 0 Å². The van der Waals surface area contributed by atoms with Gasteiger partial charge < -0.3 is 35.7 Å². The Labute approximate surface area is 79.5 Å². The van der Waals surface area contributed by atoms with Crippen molar-refractivity contribution in [2.45, 2.75) is 36.1 Å². The molecule has 1 saturated carbocycles. The van der Waals surface area contributed by atoms with Crippen LogP contribution in [0.3, 0.4) is 0 Å². The molecule has 7 heteroatoms. The molecule has 1 fully saturated rings. The maximum Gasteiger partial charge on any atom is 0.144 e. The van der Waals surface area contributed by atoms with Crippen LogP contribution in [0.5, 0.6) is 0 Å². The SMILES string of the molecule is OCC1(O)[C@H](O)[C@@H](O)C(O)[C@H](O)[C@@H]1O. The molecule has 0 aliphatic heterocycles. The number of aliphatic hydroxyl groups excluding tert-OH is 6. The second-order valence-corrected chi connectivity index (χ2v) is 3.51. The lowest BCUT2D eigenvalue weighted by molar-refractivity contribution is -0.276. The van der Waals surface area contributed by atoms with Gasteiger partial charge in [-0.15, -0.1) is 0 Å². The van der Waals surface area contributed by atoms with E-state index in [0.29, 0.717) is 0 Å². The maximum atomic E-state index is 9.49. The van der Waals surface area contributed by atoms with Crippen molar-refractivity contribution < 1.29 is 35.7 Å². The molecule has 0 heterocycles. The van der Waals surface area contributed by atoms with Crippen molar-refractivity contribution in [3.63, 3.8) is 0 Å². The van der Waals surface area contributed by atoms with Crippen LogP contribution in [-0.4, -0.2) is 78.5 Å².